The third-order valence-corrected chi connectivity index (χ3v) is 5.52. The summed E-state index contributed by atoms with van der Waals surface area (Å²) in [6, 6.07) is 11.7. The third kappa shape index (κ3) is 5.76. The van der Waals surface area contributed by atoms with Crippen molar-refractivity contribution in [1.29, 1.82) is 0 Å². The van der Waals surface area contributed by atoms with Crippen molar-refractivity contribution in [2.75, 3.05) is 18.2 Å². The van der Waals surface area contributed by atoms with Gasteiger partial charge in [-0.15, -0.1) is 10.2 Å². The minimum Gasteiger partial charge on any atom is -0.497 e. The van der Waals surface area contributed by atoms with Crippen LogP contribution in [0.15, 0.2) is 47.6 Å². The van der Waals surface area contributed by atoms with Gasteiger partial charge in [0.2, 0.25) is 5.91 Å². The standard InChI is InChI=1S/C21H23N5O5S/c1-4-25-19(12-31-17-9-10-18(26(28)29)14(2)11-17)23-24-21(25)32-13-20(27)22-15-5-7-16(30-3)8-6-15/h5-11H,4,12-13H2,1-3H3,(H,22,27). The first-order valence-corrected chi connectivity index (χ1v) is 10.8. The maximum absolute atomic E-state index is 12.3. The van der Waals surface area contributed by atoms with Gasteiger partial charge < -0.3 is 19.4 Å². The molecule has 11 heteroatoms. The van der Waals surface area contributed by atoms with Crippen molar-refractivity contribution in [1.82, 2.24) is 14.8 Å². The topological polar surface area (TPSA) is 121 Å². The largest absolute Gasteiger partial charge is 0.497 e. The highest BCUT2D eigenvalue weighted by Crippen LogP contribution is 2.24. The molecule has 168 valence electrons. The first-order chi connectivity index (χ1) is 15.4. The molecule has 3 aromatic rings. The number of thioether (sulfide) groups is 1. The first kappa shape index (κ1) is 23.1. The molecule has 0 spiro atoms. The van der Waals surface area contributed by atoms with Crippen LogP contribution in [-0.2, 0) is 17.9 Å². The lowest BCUT2D eigenvalue weighted by molar-refractivity contribution is -0.385. The van der Waals surface area contributed by atoms with Crippen LogP contribution in [-0.4, -0.2) is 38.5 Å². The number of amides is 1. The summed E-state index contributed by atoms with van der Waals surface area (Å²) in [5, 5.41) is 22.7. The highest BCUT2D eigenvalue weighted by Gasteiger charge is 2.15. The summed E-state index contributed by atoms with van der Waals surface area (Å²) in [4.78, 5) is 22.8. The van der Waals surface area contributed by atoms with E-state index in [2.05, 4.69) is 15.5 Å². The van der Waals surface area contributed by atoms with Gasteiger partial charge in [-0.2, -0.15) is 0 Å². The normalized spacial score (nSPS) is 10.6. The second kappa shape index (κ2) is 10.6. The number of hydrogen-bond acceptors (Lipinski definition) is 8. The van der Waals surface area contributed by atoms with Crippen molar-refractivity contribution in [3.63, 3.8) is 0 Å². The smallest absolute Gasteiger partial charge is 0.272 e. The number of nitro groups is 1. The number of hydrogen-bond donors (Lipinski definition) is 1. The predicted octanol–water partition coefficient (Wildman–Crippen LogP) is 3.83. The van der Waals surface area contributed by atoms with Gasteiger partial charge in [0.25, 0.3) is 5.69 Å². The van der Waals surface area contributed by atoms with Crippen molar-refractivity contribution >= 4 is 29.0 Å². The van der Waals surface area contributed by atoms with Crippen molar-refractivity contribution in [2.45, 2.75) is 32.2 Å². The second-order valence-electron chi connectivity index (χ2n) is 6.70. The quantitative estimate of drug-likeness (QED) is 0.277. The van der Waals surface area contributed by atoms with Gasteiger partial charge in [0, 0.05) is 23.9 Å². The highest BCUT2D eigenvalue weighted by molar-refractivity contribution is 7.99. The monoisotopic (exact) mass is 457 g/mol. The molecule has 2 aromatic carbocycles. The number of methoxy groups -OCH3 is 1. The SMILES string of the molecule is CCn1c(COc2ccc([N+](=O)[O-])c(C)c2)nnc1SCC(=O)Nc1ccc(OC)cc1. The lowest BCUT2D eigenvalue weighted by Gasteiger charge is -2.10. The van der Waals surface area contributed by atoms with E-state index in [1.807, 2.05) is 11.5 Å². The van der Waals surface area contributed by atoms with Gasteiger partial charge in [-0.3, -0.25) is 14.9 Å². The van der Waals surface area contributed by atoms with E-state index in [4.69, 9.17) is 9.47 Å². The maximum Gasteiger partial charge on any atom is 0.272 e. The van der Waals surface area contributed by atoms with Gasteiger partial charge in [0.05, 0.1) is 17.8 Å². The molecule has 0 aliphatic rings. The van der Waals surface area contributed by atoms with Crippen molar-refractivity contribution < 1.29 is 19.2 Å². The molecule has 32 heavy (non-hydrogen) atoms. The summed E-state index contributed by atoms with van der Waals surface area (Å²) in [7, 11) is 1.58. The molecule has 3 rings (SSSR count). The van der Waals surface area contributed by atoms with Crippen LogP contribution in [0.5, 0.6) is 11.5 Å². The van der Waals surface area contributed by atoms with Gasteiger partial charge in [-0.05, 0) is 50.2 Å². The molecule has 1 heterocycles. The molecule has 0 aliphatic carbocycles. The number of nitrogens with zero attached hydrogens (tertiary/aromatic N) is 4. The number of nitrogens with one attached hydrogen (secondary N) is 1. The summed E-state index contributed by atoms with van der Waals surface area (Å²) in [5.74, 6) is 1.83. The highest BCUT2D eigenvalue weighted by atomic mass is 32.2. The van der Waals surface area contributed by atoms with E-state index in [9.17, 15) is 14.9 Å². The van der Waals surface area contributed by atoms with Gasteiger partial charge in [-0.25, -0.2) is 0 Å². The number of benzene rings is 2. The molecule has 10 nitrogen and oxygen atoms in total. The molecule has 0 aliphatic heterocycles. The lowest BCUT2D eigenvalue weighted by atomic mass is 10.2. The first-order valence-electron chi connectivity index (χ1n) is 9.78. The Bertz CT molecular complexity index is 1100. The number of carbonyl (C=O) groups excluding carboxylic acids is 1. The average molecular weight is 458 g/mol. The molecule has 0 fully saturated rings. The van der Waals surface area contributed by atoms with E-state index in [0.717, 1.165) is 0 Å². The van der Waals surface area contributed by atoms with Crippen LogP contribution < -0.4 is 14.8 Å². The van der Waals surface area contributed by atoms with Gasteiger partial charge in [0.15, 0.2) is 11.0 Å². The zero-order valence-corrected chi connectivity index (χ0v) is 18.7. The Kier molecular flexibility index (Phi) is 7.66. The molecule has 0 unspecified atom stereocenters. The van der Waals surface area contributed by atoms with Crippen LogP contribution in [0.3, 0.4) is 0 Å². The van der Waals surface area contributed by atoms with Crippen LogP contribution in [0.25, 0.3) is 0 Å². The van der Waals surface area contributed by atoms with Crippen LogP contribution in [0.2, 0.25) is 0 Å². The zero-order chi connectivity index (χ0) is 23.1. The Balaban J connectivity index is 1.57. The molecule has 0 radical (unpaired) electrons. The summed E-state index contributed by atoms with van der Waals surface area (Å²) in [6.45, 7) is 4.36. The summed E-state index contributed by atoms with van der Waals surface area (Å²) in [5.41, 5.74) is 1.24. The Morgan fingerprint density at radius 3 is 2.53 bits per heavy atom. The van der Waals surface area contributed by atoms with Crippen LogP contribution >= 0.6 is 11.8 Å². The molecule has 1 N–H and O–H groups in total. The fraction of sp³-hybridized carbons (Fsp3) is 0.286. The van der Waals surface area contributed by atoms with Gasteiger partial charge in [0.1, 0.15) is 18.1 Å². The number of aromatic nitrogens is 3. The fourth-order valence-electron chi connectivity index (χ4n) is 2.92. The number of rotatable bonds is 10. The van der Waals surface area contributed by atoms with E-state index in [1.54, 1.807) is 50.4 Å². The number of carbonyl (C=O) groups is 1. The Labute approximate surface area is 189 Å². The minimum atomic E-state index is -0.429. The number of ether oxygens (including phenoxy) is 2. The Morgan fingerprint density at radius 2 is 1.91 bits per heavy atom. The molecule has 1 amide bonds. The van der Waals surface area contributed by atoms with E-state index in [-0.39, 0.29) is 24.0 Å². The van der Waals surface area contributed by atoms with Crippen LogP contribution in [0, 0.1) is 17.0 Å². The molecular weight excluding hydrogens is 434 g/mol. The lowest BCUT2D eigenvalue weighted by Crippen LogP contribution is -2.15. The fourth-order valence-corrected chi connectivity index (χ4v) is 3.74. The molecule has 1 aromatic heterocycles. The van der Waals surface area contributed by atoms with Crippen molar-refractivity contribution in [3.8, 4) is 11.5 Å². The van der Waals surface area contributed by atoms with E-state index < -0.39 is 4.92 Å². The van der Waals surface area contributed by atoms with E-state index >= 15 is 0 Å². The Hall–Kier alpha value is -3.60. The van der Waals surface area contributed by atoms with E-state index in [1.165, 1.54) is 17.8 Å². The van der Waals surface area contributed by atoms with Gasteiger partial charge >= 0.3 is 0 Å². The third-order valence-electron chi connectivity index (χ3n) is 4.55. The molecule has 0 saturated carbocycles. The summed E-state index contributed by atoms with van der Waals surface area (Å²) < 4.78 is 12.7. The van der Waals surface area contributed by atoms with Crippen LogP contribution in [0.4, 0.5) is 11.4 Å². The number of aryl methyl sites for hydroxylation is 1. The molecular formula is C21H23N5O5S. The second-order valence-corrected chi connectivity index (χ2v) is 7.64. The number of nitro benzene ring substituents is 1. The summed E-state index contributed by atoms with van der Waals surface area (Å²) in [6.07, 6.45) is 0. The Morgan fingerprint density at radius 1 is 1.19 bits per heavy atom. The molecule has 0 atom stereocenters. The number of anilines is 1. The van der Waals surface area contributed by atoms with Crippen molar-refractivity contribution in [3.05, 3.63) is 64.0 Å². The minimum absolute atomic E-state index is 0.0423. The van der Waals surface area contributed by atoms with E-state index in [0.29, 0.717) is 40.3 Å². The molecule has 0 bridgehead atoms. The summed E-state index contributed by atoms with van der Waals surface area (Å²) >= 11 is 1.28. The average Bonchev–Trinajstić information content (AvgIpc) is 3.18. The molecule has 0 saturated heterocycles. The maximum atomic E-state index is 12.3. The zero-order valence-electron chi connectivity index (χ0n) is 17.9. The van der Waals surface area contributed by atoms with Crippen molar-refractivity contribution in [2.24, 2.45) is 0 Å². The van der Waals surface area contributed by atoms with Gasteiger partial charge in [-0.1, -0.05) is 11.8 Å². The predicted molar refractivity (Wildman–Crippen MR) is 120 cm³/mol. The van der Waals surface area contributed by atoms with Crippen LogP contribution in [0.1, 0.15) is 18.3 Å².